The molecular formula is C9H10F2O2Ta. The first-order chi connectivity index (χ1) is 5.77. The van der Waals surface area contributed by atoms with E-state index in [1.807, 2.05) is 0 Å². The van der Waals surface area contributed by atoms with Crippen LogP contribution in [0.5, 0.6) is 5.75 Å². The number of halogens is 2. The minimum absolute atomic E-state index is 0. The molecule has 1 radical (unpaired) electrons. The van der Waals surface area contributed by atoms with Crippen molar-refractivity contribution >= 4 is 0 Å². The molecule has 0 aliphatic carbocycles. The van der Waals surface area contributed by atoms with Crippen LogP contribution < -0.4 is 4.74 Å². The third-order valence-corrected chi connectivity index (χ3v) is 1.92. The van der Waals surface area contributed by atoms with Gasteiger partial charge in [0.25, 0.3) is 0 Å². The zero-order valence-corrected chi connectivity index (χ0v) is 10.6. The standard InChI is InChI=1S/C9H8F2O.H2O.Ta/c10-7-4-6-2-1-3-12-9(6)8(11)5-7;;/h4-5H,1-3H2;1H2;. The molecule has 1 aromatic carbocycles. The molecule has 0 saturated carbocycles. The van der Waals surface area contributed by atoms with Crippen molar-refractivity contribution in [2.75, 3.05) is 6.61 Å². The third-order valence-electron chi connectivity index (χ3n) is 1.92. The largest absolute Gasteiger partial charge is 0.490 e. The predicted molar refractivity (Wildman–Crippen MR) is 43.8 cm³/mol. The Kier molecular flexibility index (Phi) is 5.29. The summed E-state index contributed by atoms with van der Waals surface area (Å²) in [7, 11) is 0. The Bertz CT molecular complexity index is 318. The Morgan fingerprint density at radius 2 is 1.93 bits per heavy atom. The smallest absolute Gasteiger partial charge is 0.168 e. The van der Waals surface area contributed by atoms with Gasteiger partial charge in [-0.3, -0.25) is 0 Å². The van der Waals surface area contributed by atoms with Crippen molar-refractivity contribution in [1.82, 2.24) is 0 Å². The number of fused-ring (bicyclic) bond motifs is 1. The number of hydrogen-bond acceptors (Lipinski definition) is 1. The quantitative estimate of drug-likeness (QED) is 0.683. The number of aryl methyl sites for hydroxylation is 1. The fraction of sp³-hybridized carbons (Fsp3) is 0.333. The third kappa shape index (κ3) is 2.54. The second-order valence-electron chi connectivity index (χ2n) is 2.83. The maximum Gasteiger partial charge on any atom is 0.168 e. The van der Waals surface area contributed by atoms with E-state index in [0.717, 1.165) is 12.5 Å². The van der Waals surface area contributed by atoms with E-state index in [-0.39, 0.29) is 33.6 Å². The van der Waals surface area contributed by atoms with E-state index in [1.165, 1.54) is 6.07 Å². The molecule has 0 saturated heterocycles. The van der Waals surface area contributed by atoms with Crippen molar-refractivity contribution in [3.05, 3.63) is 29.3 Å². The SMILES string of the molecule is Fc1cc(F)c2c(c1)CCCO2.O.[Ta]. The van der Waals surface area contributed by atoms with Crippen LogP contribution in [0.2, 0.25) is 0 Å². The Labute approximate surface area is 96.1 Å². The maximum absolute atomic E-state index is 13.0. The van der Waals surface area contributed by atoms with Crippen LogP contribution in [-0.4, -0.2) is 12.1 Å². The van der Waals surface area contributed by atoms with E-state index in [1.54, 1.807) is 0 Å². The van der Waals surface area contributed by atoms with Crippen LogP contribution in [-0.2, 0) is 28.8 Å². The van der Waals surface area contributed by atoms with Crippen molar-refractivity contribution < 1.29 is 41.4 Å². The summed E-state index contributed by atoms with van der Waals surface area (Å²) in [4.78, 5) is 0. The van der Waals surface area contributed by atoms with Crippen LogP contribution in [0.1, 0.15) is 12.0 Å². The second-order valence-corrected chi connectivity index (χ2v) is 2.83. The minimum atomic E-state index is -0.593. The van der Waals surface area contributed by atoms with Crippen molar-refractivity contribution in [3.8, 4) is 5.75 Å². The first kappa shape index (κ1) is 13.6. The predicted octanol–water partition coefficient (Wildman–Crippen LogP) is 1.46. The van der Waals surface area contributed by atoms with E-state index < -0.39 is 11.6 Å². The fourth-order valence-corrected chi connectivity index (χ4v) is 1.40. The maximum atomic E-state index is 13.0. The first-order valence-corrected chi connectivity index (χ1v) is 3.88. The van der Waals surface area contributed by atoms with Crippen LogP contribution in [0.4, 0.5) is 8.78 Å². The van der Waals surface area contributed by atoms with Gasteiger partial charge in [0.2, 0.25) is 0 Å². The van der Waals surface area contributed by atoms with Gasteiger partial charge in [0.05, 0.1) is 6.61 Å². The minimum Gasteiger partial charge on any atom is -0.490 e. The molecule has 0 amide bonds. The molecule has 14 heavy (non-hydrogen) atoms. The van der Waals surface area contributed by atoms with E-state index >= 15 is 0 Å². The Morgan fingerprint density at radius 1 is 1.21 bits per heavy atom. The number of benzene rings is 1. The summed E-state index contributed by atoms with van der Waals surface area (Å²) in [5, 5.41) is 0. The average Bonchev–Trinajstić information content (AvgIpc) is 2.04. The molecule has 1 heterocycles. The fourth-order valence-electron chi connectivity index (χ4n) is 1.40. The van der Waals surface area contributed by atoms with Crippen molar-refractivity contribution in [1.29, 1.82) is 0 Å². The Balaban J connectivity index is 0.000000845. The molecule has 2 nitrogen and oxygen atoms in total. The van der Waals surface area contributed by atoms with E-state index in [4.69, 9.17) is 4.74 Å². The second kappa shape index (κ2) is 5.46. The van der Waals surface area contributed by atoms with Crippen LogP contribution in [0.25, 0.3) is 0 Å². The summed E-state index contributed by atoms with van der Waals surface area (Å²) < 4.78 is 30.7. The van der Waals surface area contributed by atoms with Crippen LogP contribution in [0.3, 0.4) is 0 Å². The molecule has 2 N–H and O–H groups in total. The number of ether oxygens (including phenoxy) is 1. The molecule has 1 aromatic rings. The van der Waals surface area contributed by atoms with Gasteiger partial charge in [-0.15, -0.1) is 0 Å². The summed E-state index contributed by atoms with van der Waals surface area (Å²) in [6.07, 6.45) is 1.53. The van der Waals surface area contributed by atoms with Crippen molar-refractivity contribution in [2.24, 2.45) is 0 Å². The molecule has 1 aliphatic heterocycles. The van der Waals surface area contributed by atoms with Gasteiger partial charge < -0.3 is 10.2 Å². The summed E-state index contributed by atoms with van der Waals surface area (Å²) in [5.74, 6) is -0.899. The molecule has 1 aliphatic rings. The summed E-state index contributed by atoms with van der Waals surface area (Å²) in [6.45, 7) is 0.523. The van der Waals surface area contributed by atoms with Gasteiger partial charge in [0.15, 0.2) is 11.6 Å². The zero-order valence-electron chi connectivity index (χ0n) is 7.39. The number of hydrogen-bond donors (Lipinski definition) is 0. The van der Waals surface area contributed by atoms with E-state index in [9.17, 15) is 8.78 Å². The molecule has 0 aromatic heterocycles. The normalized spacial score (nSPS) is 13.0. The first-order valence-electron chi connectivity index (χ1n) is 3.88. The summed E-state index contributed by atoms with van der Waals surface area (Å²) >= 11 is 0. The molecule has 2 rings (SSSR count). The van der Waals surface area contributed by atoms with Gasteiger partial charge in [0, 0.05) is 34.0 Å². The molecule has 0 bridgehead atoms. The van der Waals surface area contributed by atoms with Crippen LogP contribution in [0, 0.1) is 11.6 Å². The zero-order chi connectivity index (χ0) is 8.55. The summed E-state index contributed by atoms with van der Waals surface area (Å²) in [6, 6.07) is 2.18. The van der Waals surface area contributed by atoms with Gasteiger partial charge in [-0.25, -0.2) is 8.78 Å². The average molecular weight is 369 g/mol. The molecule has 0 spiro atoms. The van der Waals surface area contributed by atoms with Crippen LogP contribution in [0.15, 0.2) is 12.1 Å². The summed E-state index contributed by atoms with van der Waals surface area (Å²) in [5.41, 5.74) is 0.638. The van der Waals surface area contributed by atoms with Crippen LogP contribution >= 0.6 is 0 Å². The molecule has 0 atom stereocenters. The van der Waals surface area contributed by atoms with E-state index in [0.29, 0.717) is 18.6 Å². The number of rotatable bonds is 0. The van der Waals surface area contributed by atoms with Gasteiger partial charge in [0.1, 0.15) is 5.82 Å². The van der Waals surface area contributed by atoms with Gasteiger partial charge in [-0.1, -0.05) is 0 Å². The molecule has 5 heteroatoms. The molecule has 77 valence electrons. The van der Waals surface area contributed by atoms with Gasteiger partial charge in [-0.05, 0) is 18.9 Å². The molecular weight excluding hydrogens is 359 g/mol. The van der Waals surface area contributed by atoms with Crippen molar-refractivity contribution in [2.45, 2.75) is 12.8 Å². The topological polar surface area (TPSA) is 40.7 Å². The van der Waals surface area contributed by atoms with Gasteiger partial charge in [-0.2, -0.15) is 0 Å². The molecule has 0 fully saturated rings. The van der Waals surface area contributed by atoms with Gasteiger partial charge >= 0.3 is 0 Å². The van der Waals surface area contributed by atoms with E-state index in [2.05, 4.69) is 0 Å². The van der Waals surface area contributed by atoms with Crippen molar-refractivity contribution in [3.63, 3.8) is 0 Å². The monoisotopic (exact) mass is 369 g/mol. The Hall–Kier alpha value is -0.420. The molecule has 0 unspecified atom stereocenters. The Morgan fingerprint density at radius 3 is 2.64 bits per heavy atom.